The fourth-order valence-electron chi connectivity index (χ4n) is 4.77. The summed E-state index contributed by atoms with van der Waals surface area (Å²) >= 11 is 0. The highest BCUT2D eigenvalue weighted by Crippen LogP contribution is 2.38. The molecule has 0 aliphatic rings. The van der Waals surface area contributed by atoms with E-state index in [9.17, 15) is 5.11 Å². The Kier molecular flexibility index (Phi) is 13.1. The van der Waals surface area contributed by atoms with Crippen LogP contribution in [0.3, 0.4) is 0 Å². The van der Waals surface area contributed by atoms with Gasteiger partial charge in [-0.05, 0) is 36.0 Å². The Balaban J connectivity index is 1.96. The average molecular weight is 423 g/mol. The Morgan fingerprint density at radius 2 is 1.00 bits per heavy atom. The normalized spacial score (nSPS) is 12.2. The molecule has 0 aliphatic heterocycles. The van der Waals surface area contributed by atoms with Crippen molar-refractivity contribution in [2.24, 2.45) is 0 Å². The van der Waals surface area contributed by atoms with E-state index in [1.54, 1.807) is 0 Å². The van der Waals surface area contributed by atoms with Crippen LogP contribution < -0.4 is 0 Å². The van der Waals surface area contributed by atoms with Crippen LogP contribution in [0.2, 0.25) is 0 Å². The first-order valence-electron chi connectivity index (χ1n) is 13.1. The van der Waals surface area contributed by atoms with Crippen molar-refractivity contribution in [3.05, 3.63) is 54.1 Å². The molecule has 0 aliphatic carbocycles. The number of aromatic hydroxyl groups is 1. The summed E-state index contributed by atoms with van der Waals surface area (Å²) in [5.41, 5.74) is 3.63. The molecule has 1 atom stereocenters. The van der Waals surface area contributed by atoms with Crippen LogP contribution in [-0.2, 0) is 0 Å². The van der Waals surface area contributed by atoms with Gasteiger partial charge in [-0.15, -0.1) is 0 Å². The summed E-state index contributed by atoms with van der Waals surface area (Å²) in [5, 5.41) is 10.5. The maximum atomic E-state index is 10.5. The second kappa shape index (κ2) is 16.0. The molecule has 0 fully saturated rings. The molecule has 1 N–H and O–H groups in total. The van der Waals surface area contributed by atoms with Crippen molar-refractivity contribution in [3.8, 4) is 16.9 Å². The van der Waals surface area contributed by atoms with E-state index >= 15 is 0 Å². The maximum absolute atomic E-state index is 10.5. The van der Waals surface area contributed by atoms with Gasteiger partial charge in [0.05, 0.1) is 0 Å². The van der Waals surface area contributed by atoms with E-state index in [2.05, 4.69) is 44.2 Å². The molecule has 1 heteroatoms. The molecule has 31 heavy (non-hydrogen) atoms. The van der Waals surface area contributed by atoms with Gasteiger partial charge in [-0.1, -0.05) is 140 Å². The lowest BCUT2D eigenvalue weighted by Crippen LogP contribution is -2.02. The second-order valence-corrected chi connectivity index (χ2v) is 9.27. The zero-order valence-electron chi connectivity index (χ0n) is 20.2. The summed E-state index contributed by atoms with van der Waals surface area (Å²) in [6.45, 7) is 4.57. The first-order valence-corrected chi connectivity index (χ1v) is 13.1. The second-order valence-electron chi connectivity index (χ2n) is 9.27. The Bertz CT molecular complexity index is 705. The molecule has 2 rings (SSSR count). The molecule has 0 saturated carbocycles. The minimum atomic E-state index is 0.391. The van der Waals surface area contributed by atoms with E-state index in [1.807, 2.05) is 18.2 Å². The third kappa shape index (κ3) is 9.50. The molecule has 1 nitrogen and oxygen atoms in total. The van der Waals surface area contributed by atoms with Gasteiger partial charge in [0.15, 0.2) is 0 Å². The van der Waals surface area contributed by atoms with Crippen LogP contribution >= 0.6 is 0 Å². The average Bonchev–Trinajstić information content (AvgIpc) is 2.80. The van der Waals surface area contributed by atoms with Crippen LogP contribution in [0.15, 0.2) is 48.5 Å². The summed E-state index contributed by atoms with van der Waals surface area (Å²) in [7, 11) is 0. The SMILES string of the molecule is CCCCCCCCCCCC(CCCCCC)c1ccccc1-c1ccccc1O. The highest BCUT2D eigenvalue weighted by atomic mass is 16.3. The summed E-state index contributed by atoms with van der Waals surface area (Å²) in [4.78, 5) is 0. The minimum absolute atomic E-state index is 0.391. The smallest absolute Gasteiger partial charge is 0.123 e. The number of unbranched alkanes of at least 4 members (excludes halogenated alkanes) is 11. The van der Waals surface area contributed by atoms with Crippen LogP contribution in [0.1, 0.15) is 122 Å². The lowest BCUT2D eigenvalue weighted by atomic mass is 9.83. The molecule has 1 unspecified atom stereocenters. The fraction of sp³-hybridized carbons (Fsp3) is 0.600. The van der Waals surface area contributed by atoms with Gasteiger partial charge in [-0.25, -0.2) is 0 Å². The summed E-state index contributed by atoms with van der Waals surface area (Å²) < 4.78 is 0. The topological polar surface area (TPSA) is 20.2 Å². The van der Waals surface area contributed by atoms with Crippen molar-refractivity contribution in [2.75, 3.05) is 0 Å². The zero-order valence-corrected chi connectivity index (χ0v) is 20.2. The van der Waals surface area contributed by atoms with E-state index in [1.165, 1.54) is 107 Å². The largest absolute Gasteiger partial charge is 0.507 e. The van der Waals surface area contributed by atoms with Crippen LogP contribution in [0, 0.1) is 0 Å². The van der Waals surface area contributed by atoms with E-state index < -0.39 is 0 Å². The van der Waals surface area contributed by atoms with Gasteiger partial charge in [0.2, 0.25) is 0 Å². The highest BCUT2D eigenvalue weighted by molar-refractivity contribution is 5.73. The van der Waals surface area contributed by atoms with Crippen LogP contribution in [0.25, 0.3) is 11.1 Å². The monoisotopic (exact) mass is 422 g/mol. The third-order valence-electron chi connectivity index (χ3n) is 6.66. The van der Waals surface area contributed by atoms with E-state index in [0.29, 0.717) is 11.7 Å². The lowest BCUT2D eigenvalue weighted by molar-refractivity contribution is 0.476. The van der Waals surface area contributed by atoms with Crippen molar-refractivity contribution in [2.45, 2.75) is 116 Å². The van der Waals surface area contributed by atoms with E-state index in [-0.39, 0.29) is 0 Å². The highest BCUT2D eigenvalue weighted by Gasteiger charge is 2.17. The molecule has 0 saturated heterocycles. The zero-order chi connectivity index (χ0) is 22.2. The number of phenolic OH excluding ortho intramolecular Hbond substituents is 1. The molecule has 2 aromatic carbocycles. The van der Waals surface area contributed by atoms with Gasteiger partial charge in [-0.3, -0.25) is 0 Å². The molecule has 0 amide bonds. The molecule has 0 aromatic heterocycles. The fourth-order valence-corrected chi connectivity index (χ4v) is 4.77. The quantitative estimate of drug-likeness (QED) is 0.251. The predicted molar refractivity (Wildman–Crippen MR) is 137 cm³/mol. The summed E-state index contributed by atoms with van der Waals surface area (Å²) in [6.07, 6.45) is 20.3. The first kappa shape index (κ1) is 25.5. The number of para-hydroxylation sites is 1. The Labute approximate surface area is 192 Å². The third-order valence-corrected chi connectivity index (χ3v) is 6.66. The molecule has 0 heterocycles. The molecule has 0 bridgehead atoms. The number of phenols is 1. The molecule has 2 aromatic rings. The van der Waals surface area contributed by atoms with Crippen molar-refractivity contribution in [1.82, 2.24) is 0 Å². The standard InChI is InChI=1S/C30H46O/c1-3-5-7-9-10-11-12-13-15-21-26(20-14-8-6-4-2)27-22-16-17-23-28(27)29-24-18-19-25-30(29)31/h16-19,22-26,31H,3-15,20-21H2,1-2H3. The van der Waals surface area contributed by atoms with Gasteiger partial charge < -0.3 is 5.11 Å². The summed E-state index contributed by atoms with van der Waals surface area (Å²) in [6, 6.07) is 16.6. The van der Waals surface area contributed by atoms with Crippen LogP contribution in [-0.4, -0.2) is 5.11 Å². The number of benzene rings is 2. The predicted octanol–water partition coefficient (Wildman–Crippen LogP) is 10.0. The molecule has 0 radical (unpaired) electrons. The van der Waals surface area contributed by atoms with Crippen LogP contribution in [0.5, 0.6) is 5.75 Å². The Hall–Kier alpha value is -1.76. The van der Waals surface area contributed by atoms with Crippen LogP contribution in [0.4, 0.5) is 0 Å². The molecule has 172 valence electrons. The van der Waals surface area contributed by atoms with E-state index in [4.69, 9.17) is 0 Å². The maximum Gasteiger partial charge on any atom is 0.123 e. The van der Waals surface area contributed by atoms with Crippen molar-refractivity contribution >= 4 is 0 Å². The Morgan fingerprint density at radius 3 is 1.58 bits per heavy atom. The number of hydrogen-bond donors (Lipinski definition) is 1. The number of hydrogen-bond acceptors (Lipinski definition) is 1. The molecular formula is C30H46O. The van der Waals surface area contributed by atoms with Crippen molar-refractivity contribution < 1.29 is 5.11 Å². The first-order chi connectivity index (χ1) is 15.3. The lowest BCUT2D eigenvalue weighted by Gasteiger charge is -2.21. The van der Waals surface area contributed by atoms with Gasteiger partial charge in [0.1, 0.15) is 5.75 Å². The number of rotatable bonds is 17. The Morgan fingerprint density at radius 1 is 0.548 bits per heavy atom. The molecule has 0 spiro atoms. The minimum Gasteiger partial charge on any atom is -0.507 e. The van der Waals surface area contributed by atoms with Gasteiger partial charge in [0.25, 0.3) is 0 Å². The molecular weight excluding hydrogens is 376 g/mol. The van der Waals surface area contributed by atoms with Gasteiger partial charge >= 0.3 is 0 Å². The van der Waals surface area contributed by atoms with Crippen molar-refractivity contribution in [3.63, 3.8) is 0 Å². The van der Waals surface area contributed by atoms with E-state index in [0.717, 1.165) is 5.56 Å². The van der Waals surface area contributed by atoms with Gasteiger partial charge in [0, 0.05) is 5.56 Å². The van der Waals surface area contributed by atoms with Crippen molar-refractivity contribution in [1.29, 1.82) is 0 Å². The van der Waals surface area contributed by atoms with Gasteiger partial charge in [-0.2, -0.15) is 0 Å². The summed E-state index contributed by atoms with van der Waals surface area (Å²) in [5.74, 6) is 0.986.